The molecule has 1 N–H and O–H groups in total. The van der Waals surface area contributed by atoms with E-state index in [1.807, 2.05) is 13.8 Å². The molecule has 0 saturated carbocycles. The van der Waals surface area contributed by atoms with E-state index >= 15 is 0 Å². The molecule has 0 amide bonds. The van der Waals surface area contributed by atoms with Gasteiger partial charge in [-0.15, -0.1) is 0 Å². The Balaban J connectivity index is 1.85. The van der Waals surface area contributed by atoms with Crippen LogP contribution in [0.5, 0.6) is 0 Å². The summed E-state index contributed by atoms with van der Waals surface area (Å²) < 4.78 is 33.6. The number of morpholine rings is 1. The second-order valence-electron chi connectivity index (χ2n) is 8.88. The fourth-order valence-corrected chi connectivity index (χ4v) is 5.85. The Bertz CT molecular complexity index is 873. The molecule has 2 saturated heterocycles. The van der Waals surface area contributed by atoms with Crippen molar-refractivity contribution in [2.45, 2.75) is 63.2 Å². The SMILES string of the molecule is CC1CN(C(C)(C)CNc2ccc([N+](=O)[O-])cc2S(=O)(=O)N2CCCC2)CC(C)O1. The van der Waals surface area contributed by atoms with Crippen molar-refractivity contribution in [3.63, 3.8) is 0 Å². The maximum atomic E-state index is 13.2. The van der Waals surface area contributed by atoms with E-state index in [4.69, 9.17) is 4.74 Å². The third-order valence-corrected chi connectivity index (χ3v) is 7.78. The first kappa shape index (κ1) is 22.9. The lowest BCUT2D eigenvalue weighted by atomic mass is 10.00. The fourth-order valence-electron chi connectivity index (χ4n) is 4.15. The second-order valence-corrected chi connectivity index (χ2v) is 10.8. The van der Waals surface area contributed by atoms with Crippen molar-refractivity contribution in [1.29, 1.82) is 0 Å². The van der Waals surface area contributed by atoms with Gasteiger partial charge in [0.1, 0.15) is 4.90 Å². The highest BCUT2D eigenvalue weighted by molar-refractivity contribution is 7.89. The summed E-state index contributed by atoms with van der Waals surface area (Å²) in [6, 6.07) is 4.01. The maximum Gasteiger partial charge on any atom is 0.270 e. The molecule has 1 aromatic carbocycles. The Morgan fingerprint density at radius 1 is 1.20 bits per heavy atom. The van der Waals surface area contributed by atoms with Gasteiger partial charge < -0.3 is 10.1 Å². The lowest BCUT2D eigenvalue weighted by Gasteiger charge is -2.45. The first-order valence-electron chi connectivity index (χ1n) is 10.4. The topological polar surface area (TPSA) is 105 Å². The number of benzene rings is 1. The van der Waals surface area contributed by atoms with Crippen molar-refractivity contribution in [2.24, 2.45) is 0 Å². The molecule has 2 heterocycles. The summed E-state index contributed by atoms with van der Waals surface area (Å²) in [7, 11) is -3.80. The van der Waals surface area contributed by atoms with Gasteiger partial charge in [-0.3, -0.25) is 15.0 Å². The lowest BCUT2D eigenvalue weighted by Crippen LogP contribution is -2.57. The van der Waals surface area contributed by atoms with Crippen molar-refractivity contribution in [3.05, 3.63) is 28.3 Å². The van der Waals surface area contributed by atoms with Crippen molar-refractivity contribution in [1.82, 2.24) is 9.21 Å². The minimum atomic E-state index is -3.80. The van der Waals surface area contributed by atoms with Gasteiger partial charge in [0.15, 0.2) is 0 Å². The van der Waals surface area contributed by atoms with E-state index in [0.717, 1.165) is 25.9 Å². The molecule has 2 fully saturated rings. The van der Waals surface area contributed by atoms with E-state index in [9.17, 15) is 18.5 Å². The predicted octanol–water partition coefficient (Wildman–Crippen LogP) is 2.68. The van der Waals surface area contributed by atoms with Crippen LogP contribution in [-0.4, -0.2) is 73.0 Å². The summed E-state index contributed by atoms with van der Waals surface area (Å²) >= 11 is 0. The smallest absolute Gasteiger partial charge is 0.270 e. The molecular formula is C20H32N4O5S. The standard InChI is InChI=1S/C20H32N4O5S/c1-15-12-22(13-16(2)29-15)20(3,4)14-21-18-8-7-17(24(25)26)11-19(18)30(27,28)23-9-5-6-10-23/h7-8,11,15-16,21H,5-6,9-10,12-14H2,1-4H3. The number of nitro groups is 1. The third-order valence-electron chi connectivity index (χ3n) is 5.85. The largest absolute Gasteiger partial charge is 0.382 e. The van der Waals surface area contributed by atoms with Gasteiger partial charge in [0.2, 0.25) is 10.0 Å². The molecule has 9 nitrogen and oxygen atoms in total. The normalized spacial score (nSPS) is 24.1. The molecule has 0 spiro atoms. The summed E-state index contributed by atoms with van der Waals surface area (Å²) in [5, 5.41) is 14.5. The minimum Gasteiger partial charge on any atom is -0.382 e. The number of hydrogen-bond donors (Lipinski definition) is 1. The van der Waals surface area contributed by atoms with Crippen LogP contribution < -0.4 is 5.32 Å². The highest BCUT2D eigenvalue weighted by Crippen LogP contribution is 2.31. The third kappa shape index (κ3) is 4.93. The molecule has 2 unspecified atom stereocenters. The quantitative estimate of drug-likeness (QED) is 0.513. The second kappa shape index (κ2) is 8.78. The Kier molecular flexibility index (Phi) is 6.71. The molecule has 0 radical (unpaired) electrons. The number of ether oxygens (including phenoxy) is 1. The molecule has 2 aliphatic heterocycles. The average molecular weight is 441 g/mol. The summed E-state index contributed by atoms with van der Waals surface area (Å²) in [6.45, 7) is 11.3. The van der Waals surface area contributed by atoms with Gasteiger partial charge in [0.05, 0.1) is 22.8 Å². The Labute approximate surface area is 178 Å². The van der Waals surface area contributed by atoms with E-state index in [1.165, 1.54) is 22.5 Å². The van der Waals surface area contributed by atoms with Crippen LogP contribution in [0.3, 0.4) is 0 Å². The molecule has 1 aromatic rings. The van der Waals surface area contributed by atoms with E-state index < -0.39 is 14.9 Å². The van der Waals surface area contributed by atoms with Crippen LogP contribution in [0.15, 0.2) is 23.1 Å². The zero-order valence-corrected chi connectivity index (χ0v) is 18.9. The Morgan fingerprint density at radius 2 is 1.80 bits per heavy atom. The van der Waals surface area contributed by atoms with Crippen molar-refractivity contribution in [2.75, 3.05) is 38.0 Å². The van der Waals surface area contributed by atoms with Gasteiger partial charge in [0, 0.05) is 50.4 Å². The Morgan fingerprint density at radius 3 is 2.37 bits per heavy atom. The summed E-state index contributed by atoms with van der Waals surface area (Å²) in [5.74, 6) is 0. The van der Waals surface area contributed by atoms with Crippen LogP contribution in [0.4, 0.5) is 11.4 Å². The van der Waals surface area contributed by atoms with Gasteiger partial charge in [0.25, 0.3) is 5.69 Å². The first-order chi connectivity index (χ1) is 14.0. The monoisotopic (exact) mass is 440 g/mol. The van der Waals surface area contributed by atoms with Crippen LogP contribution in [0.2, 0.25) is 0 Å². The number of rotatable bonds is 7. The van der Waals surface area contributed by atoms with Crippen molar-refractivity contribution >= 4 is 21.4 Å². The molecule has 2 atom stereocenters. The van der Waals surface area contributed by atoms with Crippen molar-refractivity contribution in [3.8, 4) is 0 Å². The van der Waals surface area contributed by atoms with E-state index in [-0.39, 0.29) is 28.3 Å². The molecule has 0 aliphatic carbocycles. The van der Waals surface area contributed by atoms with Crippen molar-refractivity contribution < 1.29 is 18.1 Å². The summed E-state index contributed by atoms with van der Waals surface area (Å²) in [6.07, 6.45) is 1.85. The van der Waals surface area contributed by atoms with Crippen LogP contribution in [-0.2, 0) is 14.8 Å². The molecular weight excluding hydrogens is 408 g/mol. The number of sulfonamides is 1. The number of non-ortho nitro benzene ring substituents is 1. The molecule has 0 aromatic heterocycles. The van der Waals surface area contributed by atoms with E-state index in [2.05, 4.69) is 24.1 Å². The number of nitrogens with one attached hydrogen (secondary N) is 1. The number of hydrogen-bond acceptors (Lipinski definition) is 7. The molecule has 168 valence electrons. The van der Waals surface area contributed by atoms with Crippen LogP contribution in [0.1, 0.15) is 40.5 Å². The van der Waals surface area contributed by atoms with Crippen LogP contribution in [0.25, 0.3) is 0 Å². The zero-order chi connectivity index (χ0) is 22.1. The lowest BCUT2D eigenvalue weighted by molar-refractivity contribution is -0.385. The minimum absolute atomic E-state index is 0.0295. The summed E-state index contributed by atoms with van der Waals surface area (Å²) in [5.41, 5.74) is -0.0914. The first-order valence-corrected chi connectivity index (χ1v) is 11.9. The van der Waals surface area contributed by atoms with Crippen LogP contribution in [0, 0.1) is 10.1 Å². The van der Waals surface area contributed by atoms with E-state index in [1.54, 1.807) is 0 Å². The number of nitrogens with zero attached hydrogens (tertiary/aromatic N) is 3. The van der Waals surface area contributed by atoms with Crippen LogP contribution >= 0.6 is 0 Å². The van der Waals surface area contributed by atoms with Gasteiger partial charge in [-0.1, -0.05) is 0 Å². The van der Waals surface area contributed by atoms with Gasteiger partial charge in [-0.05, 0) is 46.6 Å². The van der Waals surface area contributed by atoms with Gasteiger partial charge >= 0.3 is 0 Å². The van der Waals surface area contributed by atoms with Gasteiger partial charge in [-0.2, -0.15) is 4.31 Å². The Hall–Kier alpha value is -1.75. The number of nitro benzene ring substituents is 1. The average Bonchev–Trinajstić information content (AvgIpc) is 3.21. The highest BCUT2D eigenvalue weighted by atomic mass is 32.2. The molecule has 10 heteroatoms. The highest BCUT2D eigenvalue weighted by Gasteiger charge is 2.35. The summed E-state index contributed by atoms with van der Waals surface area (Å²) in [4.78, 5) is 13.0. The predicted molar refractivity (Wildman–Crippen MR) is 115 cm³/mol. The maximum absolute atomic E-state index is 13.2. The fraction of sp³-hybridized carbons (Fsp3) is 0.700. The molecule has 3 rings (SSSR count). The zero-order valence-electron chi connectivity index (χ0n) is 18.1. The van der Waals surface area contributed by atoms with Gasteiger partial charge in [-0.25, -0.2) is 8.42 Å². The molecule has 30 heavy (non-hydrogen) atoms. The number of anilines is 1. The molecule has 2 aliphatic rings. The molecule has 0 bridgehead atoms. The van der Waals surface area contributed by atoms with E-state index in [0.29, 0.717) is 25.3 Å².